The summed E-state index contributed by atoms with van der Waals surface area (Å²) >= 11 is 0. The van der Waals surface area contributed by atoms with Crippen LogP contribution in [0.2, 0.25) is 0 Å². The molecule has 0 unspecified atom stereocenters. The molecule has 82 valence electrons. The molecule has 0 aromatic heterocycles. The number of ether oxygens (including phenoxy) is 1. The first-order chi connectivity index (χ1) is 6.77. The first kappa shape index (κ1) is 10.3. The van der Waals surface area contributed by atoms with Gasteiger partial charge >= 0.3 is 0 Å². The van der Waals surface area contributed by atoms with Gasteiger partial charge in [-0.2, -0.15) is 0 Å². The summed E-state index contributed by atoms with van der Waals surface area (Å²) in [6.45, 7) is 3.20. The molecule has 0 N–H and O–H groups in total. The largest absolute Gasteiger partial charge is 0.381 e. The van der Waals surface area contributed by atoms with Gasteiger partial charge in [-0.05, 0) is 31.7 Å². The van der Waals surface area contributed by atoms with Crippen molar-refractivity contribution in [1.82, 2.24) is 4.90 Å². The van der Waals surface area contributed by atoms with E-state index in [1.54, 1.807) is 0 Å². The molecule has 0 aliphatic carbocycles. The van der Waals surface area contributed by atoms with E-state index in [1.165, 1.54) is 0 Å². The lowest BCUT2D eigenvalue weighted by Gasteiger charge is -2.25. The Morgan fingerprint density at radius 1 is 1.36 bits per heavy atom. The van der Waals surface area contributed by atoms with Gasteiger partial charge in [0.25, 0.3) is 6.43 Å². The highest BCUT2D eigenvalue weighted by Crippen LogP contribution is 2.25. The summed E-state index contributed by atoms with van der Waals surface area (Å²) in [4.78, 5) is 1.95. The maximum atomic E-state index is 12.6. The Labute approximate surface area is 83.2 Å². The summed E-state index contributed by atoms with van der Waals surface area (Å²) in [5.74, 6) is 0.481. The van der Waals surface area contributed by atoms with Gasteiger partial charge in [0.05, 0.1) is 12.6 Å². The van der Waals surface area contributed by atoms with Gasteiger partial charge in [0.15, 0.2) is 0 Å². The molecule has 0 radical (unpaired) electrons. The second kappa shape index (κ2) is 4.53. The van der Waals surface area contributed by atoms with Crippen LogP contribution in [0.3, 0.4) is 0 Å². The molecule has 2 aliphatic rings. The number of hydrogen-bond donors (Lipinski definition) is 0. The van der Waals surface area contributed by atoms with E-state index in [0.717, 1.165) is 39.1 Å². The lowest BCUT2D eigenvalue weighted by Crippen LogP contribution is -2.38. The smallest absolute Gasteiger partial charge is 0.253 e. The molecule has 0 aromatic rings. The summed E-state index contributed by atoms with van der Waals surface area (Å²) < 4.78 is 30.4. The van der Waals surface area contributed by atoms with Crippen LogP contribution >= 0.6 is 0 Å². The number of nitrogens with zero attached hydrogens (tertiary/aromatic N) is 1. The predicted octanol–water partition coefficient (Wildman–Crippen LogP) is 1.75. The van der Waals surface area contributed by atoms with E-state index >= 15 is 0 Å². The fourth-order valence-corrected chi connectivity index (χ4v) is 2.42. The lowest BCUT2D eigenvalue weighted by molar-refractivity contribution is 0.0393. The third-order valence-electron chi connectivity index (χ3n) is 3.22. The van der Waals surface area contributed by atoms with E-state index < -0.39 is 12.5 Å². The third-order valence-corrected chi connectivity index (χ3v) is 3.22. The molecule has 2 nitrogen and oxygen atoms in total. The van der Waals surface area contributed by atoms with Crippen LogP contribution in [0.25, 0.3) is 0 Å². The molecule has 0 saturated carbocycles. The van der Waals surface area contributed by atoms with Crippen molar-refractivity contribution in [2.45, 2.75) is 31.7 Å². The van der Waals surface area contributed by atoms with Crippen LogP contribution in [0, 0.1) is 5.92 Å². The standard InChI is InChI=1S/C10H17F2NO/c11-10(12)9-2-1-4-13(9)6-8-3-5-14-7-8/h8-10H,1-7H2/t8-,9-/m1/s1. The van der Waals surface area contributed by atoms with Gasteiger partial charge in [-0.1, -0.05) is 0 Å². The average Bonchev–Trinajstić information content (AvgIpc) is 2.75. The van der Waals surface area contributed by atoms with Crippen LogP contribution in [0.5, 0.6) is 0 Å². The average molecular weight is 205 g/mol. The molecule has 0 spiro atoms. The van der Waals surface area contributed by atoms with Gasteiger partial charge in [-0.15, -0.1) is 0 Å². The lowest BCUT2D eigenvalue weighted by atomic mass is 10.1. The van der Waals surface area contributed by atoms with Crippen molar-refractivity contribution < 1.29 is 13.5 Å². The van der Waals surface area contributed by atoms with Crippen molar-refractivity contribution >= 4 is 0 Å². The van der Waals surface area contributed by atoms with Crippen LogP contribution in [0.15, 0.2) is 0 Å². The molecule has 14 heavy (non-hydrogen) atoms. The highest BCUT2D eigenvalue weighted by Gasteiger charge is 2.33. The Morgan fingerprint density at radius 3 is 2.86 bits per heavy atom. The molecular formula is C10H17F2NO. The Balaban J connectivity index is 1.83. The molecule has 2 aliphatic heterocycles. The molecular weight excluding hydrogens is 188 g/mol. The molecule has 0 amide bonds. The van der Waals surface area contributed by atoms with Gasteiger partial charge in [-0.25, -0.2) is 8.78 Å². The summed E-state index contributed by atoms with van der Waals surface area (Å²) in [6.07, 6.45) is 0.431. The monoisotopic (exact) mass is 205 g/mol. The number of likely N-dealkylation sites (tertiary alicyclic amines) is 1. The maximum Gasteiger partial charge on any atom is 0.253 e. The summed E-state index contributed by atoms with van der Waals surface area (Å²) in [5, 5.41) is 0. The minimum absolute atomic E-state index is 0.481. The van der Waals surface area contributed by atoms with E-state index in [0.29, 0.717) is 12.3 Å². The topological polar surface area (TPSA) is 12.5 Å². The molecule has 2 rings (SSSR count). The van der Waals surface area contributed by atoms with E-state index in [-0.39, 0.29) is 0 Å². The normalized spacial score (nSPS) is 34.5. The molecule has 2 heterocycles. The summed E-state index contributed by atoms with van der Waals surface area (Å²) in [6, 6.07) is -0.490. The zero-order chi connectivity index (χ0) is 9.97. The Hall–Kier alpha value is -0.220. The Kier molecular flexibility index (Phi) is 3.34. The maximum absolute atomic E-state index is 12.6. The van der Waals surface area contributed by atoms with Crippen molar-refractivity contribution in [3.8, 4) is 0 Å². The van der Waals surface area contributed by atoms with Crippen LogP contribution in [-0.4, -0.2) is 43.7 Å². The van der Waals surface area contributed by atoms with E-state index in [4.69, 9.17) is 4.74 Å². The molecule has 4 heteroatoms. The molecule has 2 atom stereocenters. The van der Waals surface area contributed by atoms with Gasteiger partial charge < -0.3 is 4.74 Å². The zero-order valence-electron chi connectivity index (χ0n) is 8.29. The van der Waals surface area contributed by atoms with Crippen molar-refractivity contribution in [2.75, 3.05) is 26.3 Å². The molecule has 0 aromatic carbocycles. The van der Waals surface area contributed by atoms with E-state index in [2.05, 4.69) is 0 Å². The molecule has 2 saturated heterocycles. The first-order valence-corrected chi connectivity index (χ1v) is 5.37. The Morgan fingerprint density at radius 2 is 2.21 bits per heavy atom. The van der Waals surface area contributed by atoms with Crippen LogP contribution in [-0.2, 0) is 4.74 Å². The van der Waals surface area contributed by atoms with Gasteiger partial charge in [0.1, 0.15) is 0 Å². The Bertz CT molecular complexity index is 183. The first-order valence-electron chi connectivity index (χ1n) is 5.37. The van der Waals surface area contributed by atoms with Crippen LogP contribution in [0.4, 0.5) is 8.78 Å². The van der Waals surface area contributed by atoms with Crippen molar-refractivity contribution in [2.24, 2.45) is 5.92 Å². The van der Waals surface area contributed by atoms with Gasteiger partial charge in [0, 0.05) is 13.2 Å². The van der Waals surface area contributed by atoms with Gasteiger partial charge in [0.2, 0.25) is 0 Å². The highest BCUT2D eigenvalue weighted by atomic mass is 19.3. The van der Waals surface area contributed by atoms with Gasteiger partial charge in [-0.3, -0.25) is 4.90 Å². The summed E-state index contributed by atoms with van der Waals surface area (Å²) in [5.41, 5.74) is 0. The van der Waals surface area contributed by atoms with Crippen molar-refractivity contribution in [3.63, 3.8) is 0 Å². The highest BCUT2D eigenvalue weighted by molar-refractivity contribution is 4.83. The number of hydrogen-bond acceptors (Lipinski definition) is 2. The third kappa shape index (κ3) is 2.23. The quantitative estimate of drug-likeness (QED) is 0.696. The minimum Gasteiger partial charge on any atom is -0.381 e. The number of alkyl halides is 2. The fourth-order valence-electron chi connectivity index (χ4n) is 2.42. The zero-order valence-corrected chi connectivity index (χ0v) is 8.29. The fraction of sp³-hybridized carbons (Fsp3) is 1.00. The minimum atomic E-state index is -2.18. The van der Waals surface area contributed by atoms with Crippen LogP contribution < -0.4 is 0 Å². The second-order valence-corrected chi connectivity index (χ2v) is 4.27. The van der Waals surface area contributed by atoms with E-state index in [1.807, 2.05) is 4.90 Å². The predicted molar refractivity (Wildman–Crippen MR) is 49.5 cm³/mol. The molecule has 0 bridgehead atoms. The SMILES string of the molecule is FC(F)[C@H]1CCCN1C[C@H]1CCOC1. The van der Waals surface area contributed by atoms with E-state index in [9.17, 15) is 8.78 Å². The number of rotatable bonds is 3. The van der Waals surface area contributed by atoms with Crippen LogP contribution in [0.1, 0.15) is 19.3 Å². The number of halogens is 2. The second-order valence-electron chi connectivity index (χ2n) is 4.27. The van der Waals surface area contributed by atoms with Crippen molar-refractivity contribution in [3.05, 3.63) is 0 Å². The molecule has 2 fully saturated rings. The van der Waals surface area contributed by atoms with Crippen molar-refractivity contribution in [1.29, 1.82) is 0 Å². The summed E-state index contributed by atoms with van der Waals surface area (Å²) in [7, 11) is 0.